The summed E-state index contributed by atoms with van der Waals surface area (Å²) >= 11 is 6.12. The van der Waals surface area contributed by atoms with Gasteiger partial charge < -0.3 is 9.64 Å². The average molecular weight is 434 g/mol. The summed E-state index contributed by atoms with van der Waals surface area (Å²) in [5.41, 5.74) is 10.9. The van der Waals surface area contributed by atoms with Crippen LogP contribution in [-0.4, -0.2) is 19.1 Å². The lowest BCUT2D eigenvalue weighted by molar-refractivity contribution is -0.119. The third kappa shape index (κ3) is 3.49. The number of halogens is 1. The van der Waals surface area contributed by atoms with Crippen LogP contribution in [0.1, 0.15) is 28.8 Å². The van der Waals surface area contributed by atoms with Crippen molar-refractivity contribution in [2.75, 3.05) is 12.0 Å². The molecule has 2 aliphatic heterocycles. The molecule has 0 aliphatic carbocycles. The van der Waals surface area contributed by atoms with Crippen molar-refractivity contribution in [1.29, 1.82) is 0 Å². The summed E-state index contributed by atoms with van der Waals surface area (Å²) in [6.07, 6.45) is 0. The molecule has 0 bridgehead atoms. The molecule has 6 heteroatoms. The number of ether oxygens (including phenoxy) is 1. The van der Waals surface area contributed by atoms with Crippen molar-refractivity contribution < 1.29 is 9.53 Å². The number of anilines is 1. The lowest BCUT2D eigenvalue weighted by Gasteiger charge is -2.31. The molecular formula is C25H24ClN3O2. The normalized spacial score (nSPS) is 25.0. The SMILES string of the molecule is COc1cccc(C2C3C(NNC3c3ccc(C)cc3)C(=O)N2c2ccc(Cl)cc2)c1. The summed E-state index contributed by atoms with van der Waals surface area (Å²) in [5, 5.41) is 0.644. The first-order chi connectivity index (χ1) is 15.1. The maximum absolute atomic E-state index is 13.6. The van der Waals surface area contributed by atoms with Gasteiger partial charge in [-0.05, 0) is 54.4 Å². The molecule has 31 heavy (non-hydrogen) atoms. The van der Waals surface area contributed by atoms with Gasteiger partial charge in [-0.15, -0.1) is 0 Å². The molecular weight excluding hydrogens is 410 g/mol. The number of aryl methyl sites for hydroxylation is 1. The zero-order valence-electron chi connectivity index (χ0n) is 17.4. The molecule has 0 spiro atoms. The largest absolute Gasteiger partial charge is 0.497 e. The lowest BCUT2D eigenvalue weighted by atomic mass is 9.83. The predicted octanol–water partition coefficient (Wildman–Crippen LogP) is 4.58. The van der Waals surface area contributed by atoms with E-state index in [9.17, 15) is 4.79 Å². The van der Waals surface area contributed by atoms with Crippen LogP contribution in [-0.2, 0) is 4.79 Å². The Labute approximate surface area is 186 Å². The Balaban J connectivity index is 1.63. The maximum Gasteiger partial charge on any atom is 0.246 e. The van der Waals surface area contributed by atoms with Crippen LogP contribution >= 0.6 is 11.6 Å². The Morgan fingerprint density at radius 3 is 2.32 bits per heavy atom. The molecule has 0 aromatic heterocycles. The van der Waals surface area contributed by atoms with Gasteiger partial charge in [-0.1, -0.05) is 53.6 Å². The number of hydrogen-bond donors (Lipinski definition) is 2. The van der Waals surface area contributed by atoms with E-state index in [4.69, 9.17) is 16.3 Å². The van der Waals surface area contributed by atoms with Crippen LogP contribution in [0.3, 0.4) is 0 Å². The second kappa shape index (κ2) is 8.00. The number of carbonyl (C=O) groups excluding carboxylic acids is 1. The number of nitrogens with one attached hydrogen (secondary N) is 2. The van der Waals surface area contributed by atoms with E-state index in [0.29, 0.717) is 5.02 Å². The molecule has 0 saturated carbocycles. The molecule has 158 valence electrons. The molecule has 4 unspecified atom stereocenters. The fraction of sp³-hybridized carbons (Fsp3) is 0.240. The minimum atomic E-state index is -0.335. The van der Waals surface area contributed by atoms with Crippen LogP contribution in [0.4, 0.5) is 5.69 Å². The van der Waals surface area contributed by atoms with Gasteiger partial charge in [0.15, 0.2) is 0 Å². The fourth-order valence-corrected chi connectivity index (χ4v) is 4.91. The summed E-state index contributed by atoms with van der Waals surface area (Å²) in [7, 11) is 1.66. The van der Waals surface area contributed by atoms with Crippen LogP contribution < -0.4 is 20.5 Å². The van der Waals surface area contributed by atoms with Crippen LogP contribution in [0.2, 0.25) is 5.02 Å². The molecule has 2 N–H and O–H groups in total. The molecule has 3 aromatic carbocycles. The van der Waals surface area contributed by atoms with E-state index in [1.807, 2.05) is 47.4 Å². The predicted molar refractivity (Wildman–Crippen MR) is 122 cm³/mol. The molecule has 5 nitrogen and oxygen atoms in total. The van der Waals surface area contributed by atoms with Gasteiger partial charge in [0.05, 0.1) is 19.2 Å². The topological polar surface area (TPSA) is 53.6 Å². The maximum atomic E-state index is 13.6. The van der Waals surface area contributed by atoms with E-state index in [2.05, 4.69) is 48.1 Å². The third-order valence-electron chi connectivity index (χ3n) is 6.29. The van der Waals surface area contributed by atoms with Crippen molar-refractivity contribution in [3.8, 4) is 5.75 Å². The second-order valence-electron chi connectivity index (χ2n) is 8.14. The van der Waals surface area contributed by atoms with Gasteiger partial charge in [-0.3, -0.25) is 4.79 Å². The summed E-state index contributed by atoms with van der Waals surface area (Å²) in [6.45, 7) is 2.08. The summed E-state index contributed by atoms with van der Waals surface area (Å²) in [6, 6.07) is 23.4. The van der Waals surface area contributed by atoms with E-state index in [0.717, 1.165) is 22.6 Å². The number of methoxy groups -OCH3 is 1. The Kier molecular flexibility index (Phi) is 5.18. The first-order valence-electron chi connectivity index (χ1n) is 10.4. The molecule has 5 rings (SSSR count). The van der Waals surface area contributed by atoms with Crippen molar-refractivity contribution in [1.82, 2.24) is 10.9 Å². The summed E-state index contributed by atoms with van der Waals surface area (Å²) < 4.78 is 5.48. The second-order valence-corrected chi connectivity index (χ2v) is 8.57. The number of nitrogens with zero attached hydrogens (tertiary/aromatic N) is 1. The van der Waals surface area contributed by atoms with Crippen molar-refractivity contribution in [2.45, 2.75) is 25.0 Å². The van der Waals surface area contributed by atoms with Gasteiger partial charge in [-0.25, -0.2) is 10.9 Å². The van der Waals surface area contributed by atoms with E-state index in [1.165, 1.54) is 5.56 Å². The first-order valence-corrected chi connectivity index (χ1v) is 10.7. The Morgan fingerprint density at radius 2 is 1.61 bits per heavy atom. The van der Waals surface area contributed by atoms with Gasteiger partial charge in [0.1, 0.15) is 11.8 Å². The summed E-state index contributed by atoms with van der Waals surface area (Å²) in [5.74, 6) is 0.815. The number of hydrogen-bond acceptors (Lipinski definition) is 4. The fourth-order valence-electron chi connectivity index (χ4n) is 4.78. The molecule has 2 heterocycles. The smallest absolute Gasteiger partial charge is 0.246 e. The van der Waals surface area contributed by atoms with E-state index in [-0.39, 0.29) is 30.0 Å². The summed E-state index contributed by atoms with van der Waals surface area (Å²) in [4.78, 5) is 15.5. The number of amides is 1. The molecule has 1 amide bonds. The van der Waals surface area contributed by atoms with Crippen molar-refractivity contribution in [3.63, 3.8) is 0 Å². The lowest BCUT2D eigenvalue weighted by Crippen LogP contribution is -2.41. The third-order valence-corrected chi connectivity index (χ3v) is 6.54. The van der Waals surface area contributed by atoms with E-state index in [1.54, 1.807) is 7.11 Å². The van der Waals surface area contributed by atoms with E-state index >= 15 is 0 Å². The highest BCUT2D eigenvalue weighted by molar-refractivity contribution is 6.30. The highest BCUT2D eigenvalue weighted by Crippen LogP contribution is 2.49. The van der Waals surface area contributed by atoms with Crippen molar-refractivity contribution >= 4 is 23.2 Å². The molecule has 0 radical (unpaired) electrons. The highest BCUT2D eigenvalue weighted by Gasteiger charge is 2.56. The Hall–Kier alpha value is -2.86. The molecule has 4 atom stereocenters. The van der Waals surface area contributed by atoms with Crippen LogP contribution in [0, 0.1) is 12.8 Å². The number of benzene rings is 3. The molecule has 2 saturated heterocycles. The minimum Gasteiger partial charge on any atom is -0.497 e. The monoisotopic (exact) mass is 433 g/mol. The van der Waals surface area contributed by atoms with Crippen LogP contribution in [0.15, 0.2) is 72.8 Å². The van der Waals surface area contributed by atoms with Gasteiger partial charge in [-0.2, -0.15) is 0 Å². The zero-order chi connectivity index (χ0) is 21.5. The van der Waals surface area contributed by atoms with Gasteiger partial charge >= 0.3 is 0 Å². The number of rotatable bonds is 4. The minimum absolute atomic E-state index is 0.00186. The van der Waals surface area contributed by atoms with Crippen LogP contribution in [0.5, 0.6) is 5.75 Å². The number of fused-ring (bicyclic) bond motifs is 1. The molecule has 3 aromatic rings. The van der Waals surface area contributed by atoms with Crippen LogP contribution in [0.25, 0.3) is 0 Å². The average Bonchev–Trinajstić information content (AvgIpc) is 3.34. The molecule has 2 aliphatic rings. The number of hydrazine groups is 1. The van der Waals surface area contributed by atoms with Gasteiger partial charge in [0.25, 0.3) is 0 Å². The highest BCUT2D eigenvalue weighted by atomic mass is 35.5. The molecule has 2 fully saturated rings. The van der Waals surface area contributed by atoms with Gasteiger partial charge in [0.2, 0.25) is 5.91 Å². The van der Waals surface area contributed by atoms with Crippen molar-refractivity contribution in [3.05, 3.63) is 94.5 Å². The van der Waals surface area contributed by atoms with Gasteiger partial charge in [0, 0.05) is 16.6 Å². The van der Waals surface area contributed by atoms with E-state index < -0.39 is 0 Å². The zero-order valence-corrected chi connectivity index (χ0v) is 18.1. The quantitative estimate of drug-likeness (QED) is 0.632. The Morgan fingerprint density at radius 1 is 0.903 bits per heavy atom. The Bertz CT molecular complexity index is 1100. The standard InChI is InChI=1S/C25H24ClN3O2/c1-15-6-8-16(9-7-15)22-21-23(28-27-22)25(30)29(19-12-10-18(26)11-13-19)24(21)17-4-3-5-20(14-17)31-2/h3-14,21-24,27-28H,1-2H3. The van der Waals surface area contributed by atoms with Crippen molar-refractivity contribution in [2.24, 2.45) is 5.92 Å². The first kappa shape index (κ1) is 20.1. The number of carbonyl (C=O) groups is 1.